The third-order valence-corrected chi connectivity index (χ3v) is 4.47. The molecule has 0 heterocycles. The summed E-state index contributed by atoms with van der Waals surface area (Å²) in [5, 5.41) is 8.57. The number of unbranched alkanes of at least 4 members (excludes halogenated alkanes) is 1. The van der Waals surface area contributed by atoms with Crippen LogP contribution in [-0.4, -0.2) is 25.6 Å². The predicted molar refractivity (Wildman–Crippen MR) is 79.0 cm³/mol. The van der Waals surface area contributed by atoms with Gasteiger partial charge in [-0.25, -0.2) is 18.6 Å². The molecule has 0 aromatic heterocycles. The minimum absolute atomic E-state index is 0.0494. The van der Waals surface area contributed by atoms with E-state index in [0.29, 0.717) is 12.1 Å². The molecule has 1 amide bonds. The third kappa shape index (κ3) is 5.70. The van der Waals surface area contributed by atoms with Crippen molar-refractivity contribution in [2.24, 2.45) is 0 Å². The van der Waals surface area contributed by atoms with Crippen LogP contribution in [0, 0.1) is 0 Å². The van der Waals surface area contributed by atoms with Gasteiger partial charge in [-0.15, -0.1) is 0 Å². The number of amides is 1. The first-order chi connectivity index (χ1) is 9.89. The van der Waals surface area contributed by atoms with Crippen molar-refractivity contribution in [3.8, 4) is 0 Å². The van der Waals surface area contributed by atoms with Gasteiger partial charge in [0.15, 0.2) is 0 Å². The topological polar surface area (TPSA) is 122 Å². The SMILES string of the molecule is CCCC[C@@H](CC(=O)NO)NS(=O)(=O)c1cccc(N)c1. The number of anilines is 1. The van der Waals surface area contributed by atoms with Crippen LogP contribution >= 0.6 is 0 Å². The highest BCUT2D eigenvalue weighted by atomic mass is 32.2. The second-order valence-electron chi connectivity index (χ2n) is 4.77. The summed E-state index contributed by atoms with van der Waals surface area (Å²) in [4.78, 5) is 11.3. The smallest absolute Gasteiger partial charge is 0.244 e. The van der Waals surface area contributed by atoms with Crippen molar-refractivity contribution in [3.05, 3.63) is 24.3 Å². The number of hydrogen-bond acceptors (Lipinski definition) is 5. The number of carbonyl (C=O) groups excluding carboxylic acids is 1. The fraction of sp³-hybridized carbons (Fsp3) is 0.462. The van der Waals surface area contributed by atoms with E-state index in [-0.39, 0.29) is 11.3 Å². The van der Waals surface area contributed by atoms with Crippen LogP contribution in [0.1, 0.15) is 32.6 Å². The van der Waals surface area contributed by atoms with E-state index in [1.807, 2.05) is 6.92 Å². The van der Waals surface area contributed by atoms with Gasteiger partial charge in [-0.1, -0.05) is 25.8 Å². The van der Waals surface area contributed by atoms with Crippen LogP contribution in [0.2, 0.25) is 0 Å². The standard InChI is InChI=1S/C13H21N3O4S/c1-2-3-6-11(9-13(17)15-18)16-21(19,20)12-7-4-5-10(14)8-12/h4-5,7-8,11,16,18H,2-3,6,9,14H2,1H3,(H,15,17)/t11-/m0/s1. The van der Waals surface area contributed by atoms with Gasteiger partial charge in [-0.2, -0.15) is 0 Å². The lowest BCUT2D eigenvalue weighted by molar-refractivity contribution is -0.129. The number of hydrogen-bond donors (Lipinski definition) is 4. The maximum atomic E-state index is 12.3. The molecular formula is C13H21N3O4S. The molecule has 0 bridgehead atoms. The Balaban J connectivity index is 2.87. The zero-order valence-corrected chi connectivity index (χ0v) is 12.7. The molecule has 0 spiro atoms. The summed E-state index contributed by atoms with van der Waals surface area (Å²) in [5.74, 6) is -0.633. The van der Waals surface area contributed by atoms with Crippen LogP contribution in [0.4, 0.5) is 5.69 Å². The Hall–Kier alpha value is -1.64. The molecule has 1 aromatic rings. The summed E-state index contributed by atoms with van der Waals surface area (Å²) >= 11 is 0. The summed E-state index contributed by atoms with van der Waals surface area (Å²) in [7, 11) is -3.76. The van der Waals surface area contributed by atoms with E-state index in [1.165, 1.54) is 17.6 Å². The largest absolute Gasteiger partial charge is 0.399 e. The molecule has 5 N–H and O–H groups in total. The Morgan fingerprint density at radius 1 is 1.43 bits per heavy atom. The van der Waals surface area contributed by atoms with E-state index in [0.717, 1.165) is 12.8 Å². The summed E-state index contributed by atoms with van der Waals surface area (Å²) in [6, 6.07) is 5.34. The highest BCUT2D eigenvalue weighted by molar-refractivity contribution is 7.89. The Kier molecular flexibility index (Phi) is 6.60. The fourth-order valence-corrected chi connectivity index (χ4v) is 3.22. The van der Waals surface area contributed by atoms with Crippen LogP contribution in [0.15, 0.2) is 29.2 Å². The van der Waals surface area contributed by atoms with Crippen molar-refractivity contribution in [3.63, 3.8) is 0 Å². The van der Waals surface area contributed by atoms with Crippen LogP contribution < -0.4 is 15.9 Å². The first-order valence-corrected chi connectivity index (χ1v) is 8.18. The molecule has 0 radical (unpaired) electrons. The van der Waals surface area contributed by atoms with E-state index in [1.54, 1.807) is 12.1 Å². The van der Waals surface area contributed by atoms with Crippen molar-refractivity contribution in [1.29, 1.82) is 0 Å². The number of carbonyl (C=O) groups is 1. The van der Waals surface area contributed by atoms with Gasteiger partial charge in [0.05, 0.1) is 4.90 Å². The molecule has 1 aromatic carbocycles. The van der Waals surface area contributed by atoms with Gasteiger partial charge in [0.1, 0.15) is 0 Å². The third-order valence-electron chi connectivity index (χ3n) is 2.95. The minimum atomic E-state index is -3.76. The molecular weight excluding hydrogens is 294 g/mol. The van der Waals surface area contributed by atoms with Crippen LogP contribution in [0.5, 0.6) is 0 Å². The first kappa shape index (κ1) is 17.4. The van der Waals surface area contributed by atoms with Gasteiger partial charge >= 0.3 is 0 Å². The normalized spacial score (nSPS) is 12.9. The quantitative estimate of drug-likeness (QED) is 0.324. The summed E-state index contributed by atoms with van der Waals surface area (Å²) < 4.78 is 27.0. The maximum absolute atomic E-state index is 12.3. The highest BCUT2D eigenvalue weighted by Crippen LogP contribution is 2.15. The van der Waals surface area contributed by atoms with Gasteiger partial charge < -0.3 is 5.73 Å². The van der Waals surface area contributed by atoms with Crippen molar-refractivity contribution in [2.75, 3.05) is 5.73 Å². The summed E-state index contributed by atoms with van der Waals surface area (Å²) in [5.41, 5.74) is 7.44. The molecule has 0 saturated carbocycles. The highest BCUT2D eigenvalue weighted by Gasteiger charge is 2.22. The molecule has 0 unspecified atom stereocenters. The second kappa shape index (κ2) is 7.96. The molecule has 0 aliphatic heterocycles. The maximum Gasteiger partial charge on any atom is 0.244 e. The fourth-order valence-electron chi connectivity index (χ4n) is 1.89. The van der Waals surface area contributed by atoms with E-state index in [2.05, 4.69) is 4.72 Å². The second-order valence-corrected chi connectivity index (χ2v) is 6.49. The number of nitrogen functional groups attached to an aromatic ring is 1. The van der Waals surface area contributed by atoms with E-state index < -0.39 is 22.0 Å². The minimum Gasteiger partial charge on any atom is -0.399 e. The molecule has 21 heavy (non-hydrogen) atoms. The average molecular weight is 315 g/mol. The zero-order chi connectivity index (χ0) is 15.9. The van der Waals surface area contributed by atoms with Crippen LogP contribution in [-0.2, 0) is 14.8 Å². The summed E-state index contributed by atoms with van der Waals surface area (Å²) in [6.07, 6.45) is 2.02. The molecule has 0 saturated heterocycles. The molecule has 0 aliphatic rings. The van der Waals surface area contributed by atoms with Crippen molar-refractivity contribution < 1.29 is 18.4 Å². The molecule has 8 heteroatoms. The Labute approximate surface area is 124 Å². The Morgan fingerprint density at radius 3 is 2.71 bits per heavy atom. The monoisotopic (exact) mass is 315 g/mol. The van der Waals surface area contributed by atoms with Gasteiger partial charge in [-0.3, -0.25) is 10.0 Å². The molecule has 0 aliphatic carbocycles. The van der Waals surface area contributed by atoms with Crippen LogP contribution in [0.25, 0.3) is 0 Å². The van der Waals surface area contributed by atoms with Gasteiger partial charge in [-0.05, 0) is 24.6 Å². The molecule has 118 valence electrons. The first-order valence-electron chi connectivity index (χ1n) is 6.70. The van der Waals surface area contributed by atoms with Gasteiger partial charge in [0.25, 0.3) is 0 Å². The average Bonchev–Trinajstić information content (AvgIpc) is 2.44. The van der Waals surface area contributed by atoms with E-state index in [4.69, 9.17) is 10.9 Å². The number of nitrogens with two attached hydrogens (primary N) is 1. The number of rotatable bonds is 8. The summed E-state index contributed by atoms with van der Waals surface area (Å²) in [6.45, 7) is 1.97. The van der Waals surface area contributed by atoms with Crippen molar-refractivity contribution >= 4 is 21.6 Å². The molecule has 0 fully saturated rings. The Morgan fingerprint density at radius 2 is 2.14 bits per heavy atom. The van der Waals surface area contributed by atoms with Crippen LogP contribution in [0.3, 0.4) is 0 Å². The Bertz CT molecular complexity index is 575. The zero-order valence-electron chi connectivity index (χ0n) is 11.9. The van der Waals surface area contributed by atoms with Gasteiger partial charge in [0.2, 0.25) is 15.9 Å². The van der Waals surface area contributed by atoms with E-state index in [9.17, 15) is 13.2 Å². The van der Waals surface area contributed by atoms with Crippen molar-refractivity contribution in [2.45, 2.75) is 43.5 Å². The molecule has 1 atom stereocenters. The van der Waals surface area contributed by atoms with Gasteiger partial charge in [0, 0.05) is 18.2 Å². The number of hydroxylamine groups is 1. The molecule has 7 nitrogen and oxygen atoms in total. The number of nitrogens with one attached hydrogen (secondary N) is 2. The number of sulfonamides is 1. The molecule has 1 rings (SSSR count). The van der Waals surface area contributed by atoms with Crippen molar-refractivity contribution in [1.82, 2.24) is 10.2 Å². The lowest BCUT2D eigenvalue weighted by atomic mass is 10.1. The van der Waals surface area contributed by atoms with E-state index >= 15 is 0 Å². The number of benzene rings is 1. The lowest BCUT2D eigenvalue weighted by Gasteiger charge is -2.17. The predicted octanol–water partition coefficient (Wildman–Crippen LogP) is 1.00. The lowest BCUT2D eigenvalue weighted by Crippen LogP contribution is -2.38.